The van der Waals surface area contributed by atoms with E-state index < -0.39 is 0 Å². The molecule has 2 atom stereocenters. The van der Waals surface area contributed by atoms with E-state index in [1.165, 1.54) is 22.0 Å². The molecule has 0 spiro atoms. The fourth-order valence-electron chi connectivity index (χ4n) is 3.30. The second-order valence-corrected chi connectivity index (χ2v) is 8.02. The molecule has 0 amide bonds. The summed E-state index contributed by atoms with van der Waals surface area (Å²) in [7, 11) is 0. The first kappa shape index (κ1) is 16.6. The molecule has 0 bridgehead atoms. The van der Waals surface area contributed by atoms with E-state index in [0.29, 0.717) is 0 Å². The van der Waals surface area contributed by atoms with Gasteiger partial charge in [0, 0.05) is 25.9 Å². The van der Waals surface area contributed by atoms with Gasteiger partial charge in [0.25, 0.3) is 0 Å². The van der Waals surface area contributed by atoms with Gasteiger partial charge in [-0.2, -0.15) is 0 Å². The molecule has 25 heavy (non-hydrogen) atoms. The van der Waals surface area contributed by atoms with Crippen LogP contribution in [0.15, 0.2) is 93.9 Å². The van der Waals surface area contributed by atoms with Crippen molar-refractivity contribution in [3.63, 3.8) is 0 Å². The predicted molar refractivity (Wildman–Crippen MR) is 114 cm³/mol. The summed E-state index contributed by atoms with van der Waals surface area (Å²) >= 11 is 7.15. The molecule has 1 aliphatic rings. The number of allylic oxidation sites excluding steroid dienone is 2. The molecule has 1 nitrogen and oxygen atoms in total. The highest BCUT2D eigenvalue weighted by Gasteiger charge is 2.22. The van der Waals surface area contributed by atoms with Gasteiger partial charge in [0.15, 0.2) is 0 Å². The molecule has 2 unspecified atom stereocenters. The molecule has 0 saturated heterocycles. The molecule has 0 fully saturated rings. The largest absolute Gasteiger partial charge is 0.377 e. The van der Waals surface area contributed by atoms with E-state index in [1.807, 2.05) is 0 Å². The molecule has 1 N–H and O–H groups in total. The standard InChI is InChI=1S/C22H17Br2N/c23-17-10-8-16(9-11-17)20-14-18(24)12-13-22(20)25-21-7-3-5-15-4-1-2-6-19(15)21/h1-14,20,22,25H. The Bertz CT molecular complexity index is 952. The predicted octanol–water partition coefficient (Wildman–Crippen LogP) is 7.02. The summed E-state index contributed by atoms with van der Waals surface area (Å²) in [6.45, 7) is 0. The van der Waals surface area contributed by atoms with Gasteiger partial charge in [0.2, 0.25) is 0 Å². The minimum Gasteiger partial charge on any atom is -0.377 e. The number of fused-ring (bicyclic) bond motifs is 1. The molecule has 3 heteroatoms. The van der Waals surface area contributed by atoms with Crippen LogP contribution in [0.25, 0.3) is 10.8 Å². The second kappa shape index (κ2) is 7.19. The normalized spacial score (nSPS) is 19.7. The van der Waals surface area contributed by atoms with Gasteiger partial charge in [-0.1, -0.05) is 98.6 Å². The summed E-state index contributed by atoms with van der Waals surface area (Å²) in [6, 6.07) is 23.7. The monoisotopic (exact) mass is 453 g/mol. The van der Waals surface area contributed by atoms with E-state index >= 15 is 0 Å². The summed E-state index contributed by atoms with van der Waals surface area (Å²) in [5.41, 5.74) is 2.46. The zero-order chi connectivity index (χ0) is 17.2. The number of nitrogens with one attached hydrogen (secondary N) is 1. The van der Waals surface area contributed by atoms with E-state index in [1.54, 1.807) is 0 Å². The Hall–Kier alpha value is -1.84. The molecule has 124 valence electrons. The third-order valence-electron chi connectivity index (χ3n) is 4.56. The quantitative estimate of drug-likeness (QED) is 0.448. The van der Waals surface area contributed by atoms with Crippen LogP contribution in [-0.4, -0.2) is 6.04 Å². The van der Waals surface area contributed by atoms with E-state index in [4.69, 9.17) is 0 Å². The van der Waals surface area contributed by atoms with E-state index in [9.17, 15) is 0 Å². The Morgan fingerprint density at radius 2 is 1.56 bits per heavy atom. The highest BCUT2D eigenvalue weighted by molar-refractivity contribution is 9.12. The summed E-state index contributed by atoms with van der Waals surface area (Å²) < 4.78 is 2.22. The minimum atomic E-state index is 0.202. The highest BCUT2D eigenvalue weighted by atomic mass is 79.9. The highest BCUT2D eigenvalue weighted by Crippen LogP contribution is 2.34. The second-order valence-electron chi connectivity index (χ2n) is 6.18. The maximum Gasteiger partial charge on any atom is 0.0551 e. The topological polar surface area (TPSA) is 12.0 Å². The zero-order valence-corrected chi connectivity index (χ0v) is 16.7. The third-order valence-corrected chi connectivity index (χ3v) is 5.61. The Morgan fingerprint density at radius 3 is 2.40 bits per heavy atom. The van der Waals surface area contributed by atoms with Gasteiger partial charge in [-0.05, 0) is 29.1 Å². The number of hydrogen-bond donors (Lipinski definition) is 1. The van der Waals surface area contributed by atoms with Gasteiger partial charge in [0.1, 0.15) is 0 Å². The van der Waals surface area contributed by atoms with Gasteiger partial charge in [-0.3, -0.25) is 0 Å². The van der Waals surface area contributed by atoms with Crippen LogP contribution < -0.4 is 5.32 Å². The van der Waals surface area contributed by atoms with Crippen LogP contribution in [0.5, 0.6) is 0 Å². The smallest absolute Gasteiger partial charge is 0.0551 e. The van der Waals surface area contributed by atoms with Gasteiger partial charge in [0.05, 0.1) is 6.04 Å². The SMILES string of the molecule is BrC1=CC(c2ccc(Br)cc2)C(Nc2cccc3ccccc23)C=C1. The number of anilines is 1. The fraction of sp³-hybridized carbons (Fsp3) is 0.0909. The lowest BCUT2D eigenvalue weighted by Crippen LogP contribution is -2.26. The molecule has 3 aromatic carbocycles. The molecule has 4 rings (SSSR count). The van der Waals surface area contributed by atoms with E-state index in [0.717, 1.165) is 8.96 Å². The van der Waals surface area contributed by atoms with Gasteiger partial charge >= 0.3 is 0 Å². The molecule has 0 heterocycles. The molecule has 0 aliphatic heterocycles. The lowest BCUT2D eigenvalue weighted by atomic mass is 9.88. The van der Waals surface area contributed by atoms with Crippen molar-refractivity contribution in [3.05, 3.63) is 99.5 Å². The third kappa shape index (κ3) is 3.58. The van der Waals surface area contributed by atoms with E-state index in [2.05, 4.69) is 122 Å². The fourth-order valence-corrected chi connectivity index (χ4v) is 4.01. The average molecular weight is 455 g/mol. The maximum atomic E-state index is 3.74. The van der Waals surface area contributed by atoms with Crippen molar-refractivity contribution in [2.24, 2.45) is 0 Å². The first-order chi connectivity index (χ1) is 12.2. The van der Waals surface area contributed by atoms with Crippen LogP contribution in [0.4, 0.5) is 5.69 Å². The summed E-state index contributed by atoms with van der Waals surface area (Å²) in [5.74, 6) is 0.270. The first-order valence-electron chi connectivity index (χ1n) is 8.26. The summed E-state index contributed by atoms with van der Waals surface area (Å²) in [6.07, 6.45) is 6.63. The molecule has 0 saturated carbocycles. The lowest BCUT2D eigenvalue weighted by Gasteiger charge is -2.28. The van der Waals surface area contributed by atoms with Gasteiger partial charge < -0.3 is 5.32 Å². The van der Waals surface area contributed by atoms with Crippen LogP contribution in [0.2, 0.25) is 0 Å². The van der Waals surface area contributed by atoms with Crippen molar-refractivity contribution in [2.45, 2.75) is 12.0 Å². The Kier molecular flexibility index (Phi) is 4.78. The van der Waals surface area contributed by atoms with Crippen LogP contribution >= 0.6 is 31.9 Å². The minimum absolute atomic E-state index is 0.202. The molecular weight excluding hydrogens is 438 g/mol. The summed E-state index contributed by atoms with van der Waals surface area (Å²) in [5, 5.41) is 6.25. The Labute approximate surface area is 164 Å². The number of benzene rings is 3. The van der Waals surface area contributed by atoms with Gasteiger partial charge in [-0.15, -0.1) is 0 Å². The van der Waals surface area contributed by atoms with Crippen molar-refractivity contribution in [3.8, 4) is 0 Å². The van der Waals surface area contributed by atoms with Crippen LogP contribution in [0.3, 0.4) is 0 Å². The number of hydrogen-bond acceptors (Lipinski definition) is 1. The van der Waals surface area contributed by atoms with Crippen molar-refractivity contribution >= 4 is 48.3 Å². The number of halogens is 2. The first-order valence-corrected chi connectivity index (χ1v) is 9.84. The summed E-state index contributed by atoms with van der Waals surface area (Å²) in [4.78, 5) is 0. The molecule has 0 radical (unpaired) electrons. The van der Waals surface area contributed by atoms with Crippen molar-refractivity contribution in [2.75, 3.05) is 5.32 Å². The lowest BCUT2D eigenvalue weighted by molar-refractivity contribution is 0.755. The van der Waals surface area contributed by atoms with Crippen LogP contribution in [-0.2, 0) is 0 Å². The molecular formula is C22H17Br2N. The molecule has 3 aromatic rings. The van der Waals surface area contributed by atoms with E-state index in [-0.39, 0.29) is 12.0 Å². The number of rotatable bonds is 3. The maximum absolute atomic E-state index is 3.74. The van der Waals surface area contributed by atoms with Gasteiger partial charge in [-0.25, -0.2) is 0 Å². The zero-order valence-electron chi connectivity index (χ0n) is 13.5. The van der Waals surface area contributed by atoms with Crippen molar-refractivity contribution < 1.29 is 0 Å². The average Bonchev–Trinajstić information content (AvgIpc) is 2.64. The van der Waals surface area contributed by atoms with Crippen molar-refractivity contribution in [1.82, 2.24) is 0 Å². The van der Waals surface area contributed by atoms with Crippen LogP contribution in [0.1, 0.15) is 11.5 Å². The Morgan fingerprint density at radius 1 is 0.800 bits per heavy atom. The molecule has 0 aromatic heterocycles. The van der Waals surface area contributed by atoms with Crippen LogP contribution in [0, 0.1) is 0 Å². The Balaban J connectivity index is 1.70. The molecule has 1 aliphatic carbocycles. The van der Waals surface area contributed by atoms with Crippen molar-refractivity contribution in [1.29, 1.82) is 0 Å².